The second-order valence-corrected chi connectivity index (χ2v) is 6.86. The van der Waals surface area contributed by atoms with Crippen molar-refractivity contribution in [2.45, 2.75) is 58.5 Å². The summed E-state index contributed by atoms with van der Waals surface area (Å²) >= 11 is 0. The highest BCUT2D eigenvalue weighted by Gasteiger charge is 2.36. The first-order valence-electron chi connectivity index (χ1n) is 9.19. The molecule has 0 heterocycles. The number of nitrogens with zero attached hydrogens (tertiary/aromatic N) is 1. The summed E-state index contributed by atoms with van der Waals surface area (Å²) in [7, 11) is 0. The fourth-order valence-electron chi connectivity index (χ4n) is 2.73. The van der Waals surface area contributed by atoms with Crippen LogP contribution in [0.25, 0.3) is 0 Å². The van der Waals surface area contributed by atoms with E-state index in [0.29, 0.717) is 17.6 Å². The molecule has 0 saturated carbocycles. The molecule has 7 heteroatoms. The fraction of sp³-hybridized carbons (Fsp3) is 0.500. The van der Waals surface area contributed by atoms with E-state index in [9.17, 15) is 24.3 Å². The van der Waals surface area contributed by atoms with Crippen LogP contribution in [0.1, 0.15) is 56.8 Å². The lowest BCUT2D eigenvalue weighted by Gasteiger charge is -2.29. The highest BCUT2D eigenvalue weighted by molar-refractivity contribution is 6.05. The minimum Gasteiger partial charge on any atom is -0.465 e. The monoisotopic (exact) mass is 376 g/mol. The number of aldehydes is 1. The Hall–Kier alpha value is -2.70. The summed E-state index contributed by atoms with van der Waals surface area (Å²) in [6.07, 6.45) is 1.40. The van der Waals surface area contributed by atoms with E-state index in [-0.39, 0.29) is 17.9 Å². The number of hydrogen-bond acceptors (Lipinski definition) is 4. The summed E-state index contributed by atoms with van der Waals surface area (Å²) in [5.41, 5.74) is 0.180. The van der Waals surface area contributed by atoms with Crippen LogP contribution in [0.2, 0.25) is 0 Å². The molecular formula is C20H28N2O5. The van der Waals surface area contributed by atoms with Crippen molar-refractivity contribution < 1.29 is 24.3 Å². The van der Waals surface area contributed by atoms with E-state index >= 15 is 0 Å². The summed E-state index contributed by atoms with van der Waals surface area (Å²) in [6.45, 7) is 5.64. The normalized spacial score (nSPS) is 12.9. The van der Waals surface area contributed by atoms with Gasteiger partial charge in [0.05, 0.1) is 6.04 Å². The van der Waals surface area contributed by atoms with E-state index in [1.165, 1.54) is 12.1 Å². The van der Waals surface area contributed by atoms with Crippen LogP contribution in [0.15, 0.2) is 30.3 Å². The van der Waals surface area contributed by atoms with Gasteiger partial charge in [-0.05, 0) is 30.9 Å². The summed E-state index contributed by atoms with van der Waals surface area (Å²) < 4.78 is 0. The Labute approximate surface area is 159 Å². The van der Waals surface area contributed by atoms with Crippen molar-refractivity contribution in [3.8, 4) is 0 Å². The number of carbonyl (C=O) groups excluding carboxylic acids is 3. The van der Waals surface area contributed by atoms with Crippen LogP contribution in [-0.4, -0.2) is 46.3 Å². The van der Waals surface area contributed by atoms with Crippen molar-refractivity contribution in [2.75, 3.05) is 0 Å². The molecule has 0 aliphatic carbocycles. The van der Waals surface area contributed by atoms with E-state index < -0.39 is 30.0 Å². The summed E-state index contributed by atoms with van der Waals surface area (Å²) in [6, 6.07) is 6.04. The fourth-order valence-corrected chi connectivity index (χ4v) is 2.73. The lowest BCUT2D eigenvalue weighted by Crippen LogP contribution is -2.54. The van der Waals surface area contributed by atoms with Crippen LogP contribution < -0.4 is 5.32 Å². The van der Waals surface area contributed by atoms with Gasteiger partial charge in [-0.1, -0.05) is 51.8 Å². The van der Waals surface area contributed by atoms with Crippen LogP contribution in [0.5, 0.6) is 0 Å². The molecule has 0 aromatic heterocycles. The third kappa shape index (κ3) is 6.84. The summed E-state index contributed by atoms with van der Waals surface area (Å²) in [5.74, 6) is -1.43. The van der Waals surface area contributed by atoms with Gasteiger partial charge in [-0.2, -0.15) is 0 Å². The molecule has 0 fully saturated rings. The van der Waals surface area contributed by atoms with Crippen LogP contribution in [0.3, 0.4) is 0 Å². The van der Waals surface area contributed by atoms with Crippen molar-refractivity contribution in [1.82, 2.24) is 10.2 Å². The average Bonchev–Trinajstić information content (AvgIpc) is 2.64. The molecule has 7 nitrogen and oxygen atoms in total. The minimum atomic E-state index is -1.50. The van der Waals surface area contributed by atoms with Gasteiger partial charge in [-0.3, -0.25) is 9.59 Å². The second-order valence-electron chi connectivity index (χ2n) is 6.86. The van der Waals surface area contributed by atoms with E-state index in [1.54, 1.807) is 18.2 Å². The number of hydrogen-bond donors (Lipinski definition) is 2. The van der Waals surface area contributed by atoms with Gasteiger partial charge in [-0.15, -0.1) is 0 Å². The Bertz CT molecular complexity index is 645. The van der Waals surface area contributed by atoms with Crippen LogP contribution >= 0.6 is 0 Å². The van der Waals surface area contributed by atoms with Crippen molar-refractivity contribution in [3.05, 3.63) is 35.9 Å². The average molecular weight is 376 g/mol. The first kappa shape index (κ1) is 22.3. The molecule has 0 radical (unpaired) electrons. The molecule has 1 aromatic rings. The topological polar surface area (TPSA) is 104 Å². The SMILES string of the molecule is CCCC[C@@H](C=O)NC(=O)[C@H](CC(C)C)N(C(=O)O)C(=O)c1ccccc1. The predicted molar refractivity (Wildman–Crippen MR) is 101 cm³/mol. The summed E-state index contributed by atoms with van der Waals surface area (Å²) in [5, 5.41) is 12.2. The maximum atomic E-state index is 12.8. The smallest absolute Gasteiger partial charge is 0.415 e. The van der Waals surface area contributed by atoms with Crippen molar-refractivity contribution in [2.24, 2.45) is 5.92 Å². The van der Waals surface area contributed by atoms with Gasteiger partial charge in [0, 0.05) is 5.56 Å². The maximum absolute atomic E-state index is 12.8. The zero-order valence-corrected chi connectivity index (χ0v) is 16.1. The lowest BCUT2D eigenvalue weighted by molar-refractivity contribution is -0.128. The molecule has 0 spiro atoms. The van der Waals surface area contributed by atoms with E-state index in [1.807, 2.05) is 20.8 Å². The van der Waals surface area contributed by atoms with Crippen LogP contribution in [-0.2, 0) is 9.59 Å². The Kier molecular flexibility index (Phi) is 9.19. The number of carbonyl (C=O) groups is 4. The number of unbranched alkanes of at least 4 members (excludes halogenated alkanes) is 1. The molecule has 0 aliphatic heterocycles. The predicted octanol–water partition coefficient (Wildman–Crippen LogP) is 3.10. The quantitative estimate of drug-likeness (QED) is 0.611. The molecule has 0 bridgehead atoms. The molecule has 27 heavy (non-hydrogen) atoms. The number of nitrogens with one attached hydrogen (secondary N) is 1. The van der Waals surface area contributed by atoms with Gasteiger partial charge < -0.3 is 15.2 Å². The Morgan fingerprint density at radius 3 is 2.30 bits per heavy atom. The maximum Gasteiger partial charge on any atom is 0.415 e. The van der Waals surface area contributed by atoms with Gasteiger partial charge in [-0.25, -0.2) is 9.69 Å². The van der Waals surface area contributed by atoms with E-state index in [0.717, 1.165) is 12.8 Å². The minimum absolute atomic E-state index is 0.0310. The second kappa shape index (κ2) is 11.1. The largest absolute Gasteiger partial charge is 0.465 e. The standard InChI is InChI=1S/C20H28N2O5/c1-4-5-11-16(13-23)21-18(24)17(12-14(2)3)22(20(26)27)19(25)15-9-7-6-8-10-15/h6-10,13-14,16-17H,4-5,11-12H2,1-3H3,(H,21,24)(H,26,27)/t16-,17-/m0/s1. The zero-order valence-electron chi connectivity index (χ0n) is 16.1. The van der Waals surface area contributed by atoms with Gasteiger partial charge in [0.15, 0.2) is 0 Å². The molecule has 0 unspecified atom stereocenters. The van der Waals surface area contributed by atoms with Crippen LogP contribution in [0.4, 0.5) is 4.79 Å². The first-order chi connectivity index (χ1) is 12.8. The third-order valence-electron chi connectivity index (χ3n) is 4.12. The molecule has 3 amide bonds. The van der Waals surface area contributed by atoms with Crippen molar-refractivity contribution in [3.63, 3.8) is 0 Å². The van der Waals surface area contributed by atoms with Crippen LogP contribution in [0, 0.1) is 5.92 Å². The zero-order chi connectivity index (χ0) is 20.4. The number of imide groups is 1. The molecule has 1 aromatic carbocycles. The summed E-state index contributed by atoms with van der Waals surface area (Å²) in [4.78, 5) is 49.1. The van der Waals surface area contributed by atoms with Crippen molar-refractivity contribution in [1.29, 1.82) is 0 Å². The van der Waals surface area contributed by atoms with Gasteiger partial charge >= 0.3 is 6.09 Å². The highest BCUT2D eigenvalue weighted by atomic mass is 16.4. The van der Waals surface area contributed by atoms with Gasteiger partial charge in [0.1, 0.15) is 12.3 Å². The van der Waals surface area contributed by atoms with E-state index in [2.05, 4.69) is 5.32 Å². The molecule has 2 atom stereocenters. The Morgan fingerprint density at radius 2 is 1.81 bits per heavy atom. The molecule has 1 rings (SSSR count). The number of amides is 3. The third-order valence-corrected chi connectivity index (χ3v) is 4.12. The number of benzene rings is 1. The Balaban J connectivity index is 3.12. The number of carboxylic acid groups (broad SMARTS) is 1. The van der Waals surface area contributed by atoms with Gasteiger partial charge in [0.2, 0.25) is 5.91 Å². The van der Waals surface area contributed by atoms with E-state index in [4.69, 9.17) is 0 Å². The molecule has 2 N–H and O–H groups in total. The van der Waals surface area contributed by atoms with Gasteiger partial charge in [0.25, 0.3) is 5.91 Å². The van der Waals surface area contributed by atoms with Crippen molar-refractivity contribution >= 4 is 24.2 Å². The molecule has 148 valence electrons. The lowest BCUT2D eigenvalue weighted by atomic mass is 10.00. The molecule has 0 saturated heterocycles. The highest BCUT2D eigenvalue weighted by Crippen LogP contribution is 2.17. The Morgan fingerprint density at radius 1 is 1.19 bits per heavy atom. The molecular weight excluding hydrogens is 348 g/mol. The molecule has 0 aliphatic rings. The number of rotatable bonds is 10. The first-order valence-corrected chi connectivity index (χ1v) is 9.19.